The van der Waals surface area contributed by atoms with Crippen LogP contribution in [0.3, 0.4) is 0 Å². The fourth-order valence-corrected chi connectivity index (χ4v) is 3.26. The van der Waals surface area contributed by atoms with Gasteiger partial charge >= 0.3 is 6.18 Å². The Balaban J connectivity index is 1.64. The van der Waals surface area contributed by atoms with Gasteiger partial charge in [0.2, 0.25) is 5.91 Å². The van der Waals surface area contributed by atoms with E-state index in [-0.39, 0.29) is 24.8 Å². The largest absolute Gasteiger partial charge is 0.416 e. The summed E-state index contributed by atoms with van der Waals surface area (Å²) in [5, 5.41) is 13.0. The Morgan fingerprint density at radius 2 is 1.78 bits per heavy atom. The molecule has 0 saturated heterocycles. The number of fused-ring (bicyclic) bond motifs is 1. The van der Waals surface area contributed by atoms with E-state index in [1.54, 1.807) is 38.4 Å². The molecule has 0 fully saturated rings. The highest BCUT2D eigenvalue weighted by Crippen LogP contribution is 2.32. The van der Waals surface area contributed by atoms with Gasteiger partial charge in [-0.05, 0) is 43.7 Å². The first-order valence-electron chi connectivity index (χ1n) is 9.79. The van der Waals surface area contributed by atoms with Crippen molar-refractivity contribution in [2.75, 3.05) is 16.8 Å². The molecule has 10 heteroatoms. The van der Waals surface area contributed by atoms with Crippen molar-refractivity contribution in [2.24, 2.45) is 0 Å². The van der Waals surface area contributed by atoms with Gasteiger partial charge in [-0.15, -0.1) is 0 Å². The molecule has 32 heavy (non-hydrogen) atoms. The predicted molar refractivity (Wildman–Crippen MR) is 112 cm³/mol. The molecule has 0 aliphatic carbocycles. The molecule has 1 amide bonds. The molecule has 0 radical (unpaired) electrons. The normalized spacial score (nSPS) is 14.2. The molecule has 0 saturated carbocycles. The standard InChI is InChI=1S/C22H20F3N5O2/c1-21(2,32)17-8-5-14(9-26-17)16-10-27-19-20(29-16)30(18(31)11-28-19)12-13-3-6-15(7-4-13)22(23,24)25/h3-10,32H,11-12H2,1-2H3,(H,27,28). The second kappa shape index (κ2) is 7.86. The molecule has 1 aromatic carbocycles. The quantitative estimate of drug-likeness (QED) is 0.638. The average Bonchev–Trinajstić information content (AvgIpc) is 2.75. The van der Waals surface area contributed by atoms with E-state index in [1.807, 2.05) is 0 Å². The first-order chi connectivity index (χ1) is 15.0. The van der Waals surface area contributed by atoms with Crippen molar-refractivity contribution < 1.29 is 23.1 Å². The van der Waals surface area contributed by atoms with Crippen LogP contribution in [-0.4, -0.2) is 32.5 Å². The van der Waals surface area contributed by atoms with Gasteiger partial charge in [0, 0.05) is 11.8 Å². The fraction of sp³-hybridized carbons (Fsp3) is 0.273. The number of benzene rings is 1. The lowest BCUT2D eigenvalue weighted by Gasteiger charge is -2.28. The number of alkyl halides is 3. The number of hydrogen-bond donors (Lipinski definition) is 2. The molecule has 0 unspecified atom stereocenters. The first kappa shape index (κ1) is 21.7. The first-order valence-corrected chi connectivity index (χ1v) is 9.79. The smallest absolute Gasteiger partial charge is 0.384 e. The van der Waals surface area contributed by atoms with Crippen molar-refractivity contribution in [2.45, 2.75) is 32.2 Å². The maximum Gasteiger partial charge on any atom is 0.416 e. The van der Waals surface area contributed by atoms with Crippen LogP contribution in [0.2, 0.25) is 0 Å². The Kier molecular flexibility index (Phi) is 5.33. The van der Waals surface area contributed by atoms with Gasteiger partial charge in [0.25, 0.3) is 0 Å². The number of aromatic nitrogens is 3. The second-order valence-corrected chi connectivity index (χ2v) is 7.95. The zero-order chi connectivity index (χ0) is 23.1. The summed E-state index contributed by atoms with van der Waals surface area (Å²) in [7, 11) is 0. The van der Waals surface area contributed by atoms with E-state index in [9.17, 15) is 23.1 Å². The summed E-state index contributed by atoms with van der Waals surface area (Å²) in [5.74, 6) is 0.408. The number of rotatable bonds is 4. The molecular formula is C22H20F3N5O2. The summed E-state index contributed by atoms with van der Waals surface area (Å²) in [6, 6.07) is 8.08. The van der Waals surface area contributed by atoms with E-state index in [4.69, 9.17) is 0 Å². The molecule has 166 valence electrons. The van der Waals surface area contributed by atoms with Crippen LogP contribution in [0.25, 0.3) is 11.3 Å². The van der Waals surface area contributed by atoms with Gasteiger partial charge in [0.05, 0.1) is 36.2 Å². The van der Waals surface area contributed by atoms with Crippen LogP contribution in [0, 0.1) is 0 Å². The number of nitrogens with one attached hydrogen (secondary N) is 1. The maximum absolute atomic E-state index is 12.8. The molecule has 1 aliphatic heterocycles. The summed E-state index contributed by atoms with van der Waals surface area (Å²) in [6.45, 7) is 3.32. The van der Waals surface area contributed by atoms with Crippen molar-refractivity contribution in [3.05, 3.63) is 65.6 Å². The molecule has 0 atom stereocenters. The highest BCUT2D eigenvalue weighted by atomic mass is 19.4. The van der Waals surface area contributed by atoms with Crippen LogP contribution in [0.1, 0.15) is 30.7 Å². The minimum atomic E-state index is -4.43. The zero-order valence-electron chi connectivity index (χ0n) is 17.3. The Labute approximate surface area is 182 Å². The number of carbonyl (C=O) groups is 1. The van der Waals surface area contributed by atoms with Gasteiger partial charge in [-0.25, -0.2) is 9.97 Å². The zero-order valence-corrected chi connectivity index (χ0v) is 17.3. The molecule has 3 aromatic rings. The fourth-order valence-electron chi connectivity index (χ4n) is 3.26. The summed E-state index contributed by atoms with van der Waals surface area (Å²) in [4.78, 5) is 27.1. The number of hydrogen-bond acceptors (Lipinski definition) is 6. The molecule has 2 aromatic heterocycles. The van der Waals surface area contributed by atoms with Gasteiger partial charge in [-0.3, -0.25) is 14.7 Å². The highest BCUT2D eigenvalue weighted by Gasteiger charge is 2.31. The molecule has 7 nitrogen and oxygen atoms in total. The number of pyridine rings is 1. The lowest BCUT2D eigenvalue weighted by atomic mass is 10.0. The third kappa shape index (κ3) is 4.40. The molecule has 2 N–H and O–H groups in total. The van der Waals surface area contributed by atoms with Gasteiger partial charge in [-0.1, -0.05) is 12.1 Å². The number of anilines is 2. The van der Waals surface area contributed by atoms with Crippen LogP contribution in [-0.2, 0) is 23.1 Å². The Bertz CT molecular complexity index is 1140. The van der Waals surface area contributed by atoms with E-state index in [2.05, 4.69) is 20.3 Å². The van der Waals surface area contributed by atoms with E-state index < -0.39 is 17.3 Å². The summed E-state index contributed by atoms with van der Waals surface area (Å²) >= 11 is 0. The second-order valence-electron chi connectivity index (χ2n) is 7.95. The minimum Gasteiger partial charge on any atom is -0.384 e. The van der Waals surface area contributed by atoms with Crippen molar-refractivity contribution in [1.82, 2.24) is 15.0 Å². The number of aliphatic hydroxyl groups is 1. The predicted octanol–water partition coefficient (Wildman–Crippen LogP) is 3.74. The lowest BCUT2D eigenvalue weighted by Crippen LogP contribution is -2.40. The van der Waals surface area contributed by atoms with E-state index in [1.165, 1.54) is 17.0 Å². The van der Waals surface area contributed by atoms with Gasteiger partial charge in [0.1, 0.15) is 5.60 Å². The summed E-state index contributed by atoms with van der Waals surface area (Å²) < 4.78 is 38.5. The maximum atomic E-state index is 12.8. The van der Waals surface area contributed by atoms with E-state index in [0.717, 1.165) is 12.1 Å². The van der Waals surface area contributed by atoms with Crippen LogP contribution < -0.4 is 10.2 Å². The van der Waals surface area contributed by atoms with Gasteiger partial charge < -0.3 is 10.4 Å². The Morgan fingerprint density at radius 1 is 1.06 bits per heavy atom. The lowest BCUT2D eigenvalue weighted by molar-refractivity contribution is -0.137. The van der Waals surface area contributed by atoms with E-state index >= 15 is 0 Å². The number of amides is 1. The molecule has 4 rings (SSSR count). The molecule has 1 aliphatic rings. The molecule has 3 heterocycles. The highest BCUT2D eigenvalue weighted by molar-refractivity contribution is 6.00. The summed E-state index contributed by atoms with van der Waals surface area (Å²) in [5.41, 5.74) is 0.288. The number of nitrogens with zero attached hydrogens (tertiary/aromatic N) is 4. The van der Waals surface area contributed by atoms with Crippen LogP contribution in [0.4, 0.5) is 24.8 Å². The third-order valence-corrected chi connectivity index (χ3v) is 5.03. The molecule has 0 spiro atoms. The van der Waals surface area contributed by atoms with Crippen LogP contribution in [0.15, 0.2) is 48.8 Å². The van der Waals surface area contributed by atoms with Crippen LogP contribution in [0.5, 0.6) is 0 Å². The van der Waals surface area contributed by atoms with Crippen molar-refractivity contribution in [1.29, 1.82) is 0 Å². The third-order valence-electron chi connectivity index (χ3n) is 5.03. The molecule has 0 bridgehead atoms. The average molecular weight is 443 g/mol. The Morgan fingerprint density at radius 3 is 2.38 bits per heavy atom. The minimum absolute atomic E-state index is 0.00347. The van der Waals surface area contributed by atoms with Crippen molar-refractivity contribution in [3.8, 4) is 11.3 Å². The molecular weight excluding hydrogens is 423 g/mol. The van der Waals surface area contributed by atoms with Crippen molar-refractivity contribution >= 4 is 17.5 Å². The number of halogens is 3. The monoisotopic (exact) mass is 443 g/mol. The van der Waals surface area contributed by atoms with Gasteiger partial charge in [-0.2, -0.15) is 13.2 Å². The number of carbonyl (C=O) groups excluding carboxylic acids is 1. The van der Waals surface area contributed by atoms with Crippen molar-refractivity contribution in [3.63, 3.8) is 0 Å². The van der Waals surface area contributed by atoms with Gasteiger partial charge in [0.15, 0.2) is 11.6 Å². The topological polar surface area (TPSA) is 91.2 Å². The van der Waals surface area contributed by atoms with E-state index in [0.29, 0.717) is 28.3 Å². The van der Waals surface area contributed by atoms with Crippen LogP contribution >= 0.6 is 0 Å². The Hall–Kier alpha value is -3.53. The summed E-state index contributed by atoms with van der Waals surface area (Å²) in [6.07, 6.45) is -1.33. The SMILES string of the molecule is CC(C)(O)c1ccc(-c2cnc3c(n2)N(Cc2ccc(C(F)(F)F)cc2)C(=O)CN3)cn1.